The molecule has 0 unspecified atom stereocenters. The van der Waals surface area contributed by atoms with Crippen LogP contribution in [0.25, 0.3) is 11.4 Å². The van der Waals surface area contributed by atoms with E-state index in [4.69, 9.17) is 9.47 Å². The number of benzene rings is 1. The second-order valence-corrected chi connectivity index (χ2v) is 4.30. The van der Waals surface area contributed by atoms with Gasteiger partial charge < -0.3 is 9.47 Å². The van der Waals surface area contributed by atoms with Gasteiger partial charge in [0.2, 0.25) is 5.16 Å². The van der Waals surface area contributed by atoms with Crippen LogP contribution in [0, 0.1) is 0 Å². The van der Waals surface area contributed by atoms with Gasteiger partial charge in [0, 0.05) is 5.56 Å². The van der Waals surface area contributed by atoms with Crippen LogP contribution in [0.1, 0.15) is 0 Å². The molecule has 0 saturated heterocycles. The molecule has 2 heterocycles. The Morgan fingerprint density at radius 1 is 1.24 bits per heavy atom. The van der Waals surface area contributed by atoms with E-state index in [1.807, 2.05) is 24.5 Å². The number of rotatable bonds is 2. The minimum absolute atomic E-state index is 0.586. The molecule has 0 aliphatic carbocycles. The Morgan fingerprint density at radius 3 is 2.82 bits per heavy atom. The maximum absolute atomic E-state index is 5.53. The number of nitrogens with one attached hydrogen (secondary N) is 1. The minimum Gasteiger partial charge on any atom is -0.486 e. The summed E-state index contributed by atoms with van der Waals surface area (Å²) in [6.07, 6.45) is 1.94. The van der Waals surface area contributed by atoms with Crippen LogP contribution in [0.4, 0.5) is 0 Å². The lowest BCUT2D eigenvalue weighted by molar-refractivity contribution is 0.171. The quantitative estimate of drug-likeness (QED) is 0.824. The van der Waals surface area contributed by atoms with E-state index < -0.39 is 0 Å². The molecule has 1 aromatic carbocycles. The predicted octanol–water partition coefficient (Wildman–Crippen LogP) is 1.96. The molecule has 5 nitrogen and oxygen atoms in total. The number of hydrogen-bond donors (Lipinski definition) is 1. The van der Waals surface area contributed by atoms with Gasteiger partial charge in [-0.2, -0.15) is 0 Å². The highest BCUT2D eigenvalue weighted by atomic mass is 32.2. The van der Waals surface area contributed by atoms with Crippen LogP contribution in [0.5, 0.6) is 11.5 Å². The molecule has 17 heavy (non-hydrogen) atoms. The SMILES string of the molecule is CSc1n[nH]c(-c2ccc3c(c2)OCCO3)n1. The molecule has 0 amide bonds. The third-order valence-electron chi connectivity index (χ3n) is 2.46. The van der Waals surface area contributed by atoms with Crippen LogP contribution in [0.2, 0.25) is 0 Å². The number of nitrogens with zero attached hydrogens (tertiary/aromatic N) is 2. The van der Waals surface area contributed by atoms with Crippen molar-refractivity contribution in [3.63, 3.8) is 0 Å². The van der Waals surface area contributed by atoms with E-state index in [0.717, 1.165) is 28.0 Å². The second-order valence-electron chi connectivity index (χ2n) is 3.53. The van der Waals surface area contributed by atoms with Crippen molar-refractivity contribution in [1.29, 1.82) is 0 Å². The summed E-state index contributed by atoms with van der Waals surface area (Å²) in [5.74, 6) is 2.28. The first-order valence-electron chi connectivity index (χ1n) is 5.23. The van der Waals surface area contributed by atoms with E-state index >= 15 is 0 Å². The van der Waals surface area contributed by atoms with Crippen molar-refractivity contribution >= 4 is 11.8 Å². The fourth-order valence-electron chi connectivity index (χ4n) is 1.66. The summed E-state index contributed by atoms with van der Waals surface area (Å²) < 4.78 is 11.0. The van der Waals surface area contributed by atoms with E-state index in [-0.39, 0.29) is 0 Å². The topological polar surface area (TPSA) is 60.0 Å². The number of fused-ring (bicyclic) bond motifs is 1. The zero-order valence-electron chi connectivity index (χ0n) is 9.27. The van der Waals surface area contributed by atoms with Crippen molar-refractivity contribution in [2.45, 2.75) is 5.16 Å². The van der Waals surface area contributed by atoms with E-state index in [1.165, 1.54) is 11.8 Å². The van der Waals surface area contributed by atoms with Gasteiger partial charge in [0.25, 0.3) is 0 Å². The standard InChI is InChI=1S/C11H11N3O2S/c1-17-11-12-10(13-14-11)7-2-3-8-9(6-7)16-5-4-15-8/h2-3,6H,4-5H2,1H3,(H,12,13,14). The molecule has 88 valence electrons. The lowest BCUT2D eigenvalue weighted by Crippen LogP contribution is -2.15. The molecule has 1 aliphatic heterocycles. The maximum atomic E-state index is 5.53. The molecule has 0 spiro atoms. The van der Waals surface area contributed by atoms with Crippen LogP contribution in [0.3, 0.4) is 0 Å². The van der Waals surface area contributed by atoms with Crippen molar-refractivity contribution in [3.8, 4) is 22.9 Å². The average Bonchev–Trinajstić information content (AvgIpc) is 2.87. The number of thioether (sulfide) groups is 1. The summed E-state index contributed by atoms with van der Waals surface area (Å²) in [7, 11) is 0. The summed E-state index contributed by atoms with van der Waals surface area (Å²) in [4.78, 5) is 4.35. The molecule has 0 saturated carbocycles. The third-order valence-corrected chi connectivity index (χ3v) is 3.01. The van der Waals surface area contributed by atoms with E-state index in [2.05, 4.69) is 15.2 Å². The normalized spacial score (nSPS) is 13.7. The van der Waals surface area contributed by atoms with Crippen molar-refractivity contribution in [2.24, 2.45) is 0 Å². The number of aromatic nitrogens is 3. The Hall–Kier alpha value is -1.69. The summed E-state index contributed by atoms with van der Waals surface area (Å²) in [5, 5.41) is 7.71. The molecule has 0 fully saturated rings. The zero-order chi connectivity index (χ0) is 11.7. The number of aromatic amines is 1. The Balaban J connectivity index is 1.97. The van der Waals surface area contributed by atoms with Crippen LogP contribution in [-0.4, -0.2) is 34.7 Å². The summed E-state index contributed by atoms with van der Waals surface area (Å²) >= 11 is 1.50. The first-order valence-corrected chi connectivity index (χ1v) is 6.46. The van der Waals surface area contributed by atoms with E-state index in [0.29, 0.717) is 13.2 Å². The molecule has 2 aromatic rings. The van der Waals surface area contributed by atoms with Crippen molar-refractivity contribution in [3.05, 3.63) is 18.2 Å². The second kappa shape index (κ2) is 4.29. The van der Waals surface area contributed by atoms with Gasteiger partial charge in [-0.25, -0.2) is 4.98 Å². The highest BCUT2D eigenvalue weighted by molar-refractivity contribution is 7.98. The highest BCUT2D eigenvalue weighted by Crippen LogP contribution is 2.33. The Bertz CT molecular complexity index is 541. The van der Waals surface area contributed by atoms with Gasteiger partial charge in [-0.3, -0.25) is 5.10 Å². The fraction of sp³-hybridized carbons (Fsp3) is 0.273. The molecule has 1 aromatic heterocycles. The average molecular weight is 249 g/mol. The highest BCUT2D eigenvalue weighted by Gasteiger charge is 2.13. The smallest absolute Gasteiger partial charge is 0.208 e. The van der Waals surface area contributed by atoms with Gasteiger partial charge in [-0.15, -0.1) is 5.10 Å². The summed E-state index contributed by atoms with van der Waals surface area (Å²) in [6, 6.07) is 5.75. The minimum atomic E-state index is 0.586. The number of H-pyrrole nitrogens is 1. The molecule has 0 radical (unpaired) electrons. The van der Waals surface area contributed by atoms with Crippen LogP contribution < -0.4 is 9.47 Å². The lowest BCUT2D eigenvalue weighted by Gasteiger charge is -2.18. The Labute approximate surface area is 103 Å². The van der Waals surface area contributed by atoms with Gasteiger partial charge in [0.05, 0.1) is 0 Å². The van der Waals surface area contributed by atoms with E-state index in [9.17, 15) is 0 Å². The Kier molecular flexibility index (Phi) is 2.64. The Morgan fingerprint density at radius 2 is 2.06 bits per heavy atom. The van der Waals surface area contributed by atoms with Gasteiger partial charge in [-0.05, 0) is 24.5 Å². The molecule has 3 rings (SSSR count). The molecule has 6 heteroatoms. The predicted molar refractivity (Wildman–Crippen MR) is 64.6 cm³/mol. The number of ether oxygens (including phenoxy) is 2. The van der Waals surface area contributed by atoms with Crippen molar-refractivity contribution in [1.82, 2.24) is 15.2 Å². The third kappa shape index (κ3) is 1.95. The largest absolute Gasteiger partial charge is 0.486 e. The lowest BCUT2D eigenvalue weighted by atomic mass is 10.2. The van der Waals surface area contributed by atoms with Gasteiger partial charge >= 0.3 is 0 Å². The molecule has 0 atom stereocenters. The summed E-state index contributed by atoms with van der Waals surface area (Å²) in [5.41, 5.74) is 0.946. The van der Waals surface area contributed by atoms with Gasteiger partial charge in [0.1, 0.15) is 13.2 Å². The van der Waals surface area contributed by atoms with Crippen LogP contribution in [0.15, 0.2) is 23.4 Å². The maximum Gasteiger partial charge on any atom is 0.208 e. The first kappa shape index (κ1) is 10.5. The van der Waals surface area contributed by atoms with Crippen molar-refractivity contribution < 1.29 is 9.47 Å². The fourth-order valence-corrected chi connectivity index (χ4v) is 1.98. The van der Waals surface area contributed by atoms with E-state index in [1.54, 1.807) is 0 Å². The molecule has 1 aliphatic rings. The van der Waals surface area contributed by atoms with Crippen LogP contribution in [-0.2, 0) is 0 Å². The van der Waals surface area contributed by atoms with Crippen molar-refractivity contribution in [2.75, 3.05) is 19.5 Å². The molecule has 0 bridgehead atoms. The first-order chi connectivity index (χ1) is 8.36. The monoisotopic (exact) mass is 249 g/mol. The molecular weight excluding hydrogens is 238 g/mol. The molecule has 1 N–H and O–H groups in total. The van der Waals surface area contributed by atoms with Crippen LogP contribution >= 0.6 is 11.8 Å². The molecular formula is C11H11N3O2S. The van der Waals surface area contributed by atoms with Gasteiger partial charge in [0.15, 0.2) is 17.3 Å². The zero-order valence-corrected chi connectivity index (χ0v) is 10.1. The number of hydrogen-bond acceptors (Lipinski definition) is 5. The van der Waals surface area contributed by atoms with Gasteiger partial charge in [-0.1, -0.05) is 11.8 Å². The summed E-state index contributed by atoms with van der Waals surface area (Å²) in [6.45, 7) is 1.19.